The fourth-order valence-electron chi connectivity index (χ4n) is 4.32. The van der Waals surface area contributed by atoms with E-state index in [1.54, 1.807) is 48.5 Å². The summed E-state index contributed by atoms with van der Waals surface area (Å²) in [5, 5.41) is 8.37. The van der Waals surface area contributed by atoms with Gasteiger partial charge in [0, 0.05) is 18.5 Å². The molecule has 0 unspecified atom stereocenters. The van der Waals surface area contributed by atoms with Crippen molar-refractivity contribution in [3.63, 3.8) is 0 Å². The molecule has 1 aliphatic carbocycles. The first kappa shape index (κ1) is 21.4. The molecule has 8 nitrogen and oxygen atoms in total. The SMILES string of the molecule is CN1C(c2nnc(C3CCCCC3)o2)=C(OC(=O)c2ccccc2)c2ccccc2S1(=O)=O. The summed E-state index contributed by atoms with van der Waals surface area (Å²) in [6.07, 6.45) is 5.26. The van der Waals surface area contributed by atoms with Crippen LogP contribution in [0.2, 0.25) is 0 Å². The van der Waals surface area contributed by atoms with Crippen molar-refractivity contribution in [1.82, 2.24) is 14.5 Å². The van der Waals surface area contributed by atoms with Crippen LogP contribution in [0.1, 0.15) is 65.7 Å². The van der Waals surface area contributed by atoms with Gasteiger partial charge >= 0.3 is 5.97 Å². The number of carbonyl (C=O) groups is 1. The summed E-state index contributed by atoms with van der Waals surface area (Å²) >= 11 is 0. The molecule has 0 bridgehead atoms. The van der Waals surface area contributed by atoms with Crippen LogP contribution in [0.15, 0.2) is 63.9 Å². The first-order chi connectivity index (χ1) is 16.0. The zero-order chi connectivity index (χ0) is 23.0. The highest BCUT2D eigenvalue weighted by molar-refractivity contribution is 7.89. The van der Waals surface area contributed by atoms with Crippen molar-refractivity contribution in [3.05, 3.63) is 77.5 Å². The lowest BCUT2D eigenvalue weighted by Crippen LogP contribution is -2.31. The van der Waals surface area contributed by atoms with E-state index >= 15 is 0 Å². The van der Waals surface area contributed by atoms with E-state index in [0.29, 0.717) is 11.5 Å². The smallest absolute Gasteiger partial charge is 0.343 e. The molecule has 5 rings (SSSR count). The number of sulfonamides is 1. The van der Waals surface area contributed by atoms with E-state index in [1.807, 2.05) is 0 Å². The van der Waals surface area contributed by atoms with E-state index in [0.717, 1.165) is 30.0 Å². The first-order valence-electron chi connectivity index (χ1n) is 10.9. The molecule has 9 heteroatoms. The summed E-state index contributed by atoms with van der Waals surface area (Å²) in [6, 6.07) is 14.9. The van der Waals surface area contributed by atoms with Gasteiger partial charge in [-0.1, -0.05) is 49.6 Å². The molecular formula is C24H23N3O5S. The predicted octanol–water partition coefficient (Wildman–Crippen LogP) is 4.43. The van der Waals surface area contributed by atoms with Gasteiger partial charge in [-0.25, -0.2) is 13.2 Å². The molecule has 0 atom stereocenters. The largest absolute Gasteiger partial charge is 0.420 e. The van der Waals surface area contributed by atoms with Crippen LogP contribution in [-0.2, 0) is 14.8 Å². The highest BCUT2D eigenvalue weighted by Crippen LogP contribution is 2.41. The van der Waals surface area contributed by atoms with Crippen LogP contribution >= 0.6 is 0 Å². The number of rotatable bonds is 4. The molecule has 0 radical (unpaired) electrons. The van der Waals surface area contributed by atoms with Crippen molar-refractivity contribution in [2.45, 2.75) is 42.9 Å². The molecule has 0 spiro atoms. The summed E-state index contributed by atoms with van der Waals surface area (Å²) in [5.74, 6) is 0.0876. The van der Waals surface area contributed by atoms with Crippen molar-refractivity contribution in [3.8, 4) is 0 Å². The third kappa shape index (κ3) is 3.82. The van der Waals surface area contributed by atoms with E-state index in [-0.39, 0.29) is 33.7 Å². The number of aromatic nitrogens is 2. The molecule has 3 aromatic rings. The second kappa shape index (κ2) is 8.47. The highest BCUT2D eigenvalue weighted by Gasteiger charge is 2.40. The molecule has 0 saturated heterocycles. The monoisotopic (exact) mass is 465 g/mol. The summed E-state index contributed by atoms with van der Waals surface area (Å²) < 4.78 is 39.3. The minimum absolute atomic E-state index is 0.00649. The fourth-order valence-corrected chi connectivity index (χ4v) is 5.71. The number of nitrogens with zero attached hydrogens (tertiary/aromatic N) is 3. The normalized spacial score (nSPS) is 18.2. The van der Waals surface area contributed by atoms with Gasteiger partial charge in [0.25, 0.3) is 15.9 Å². The quantitative estimate of drug-likeness (QED) is 0.525. The lowest BCUT2D eigenvalue weighted by atomic mass is 9.89. The summed E-state index contributed by atoms with van der Waals surface area (Å²) in [4.78, 5) is 13.0. The summed E-state index contributed by atoms with van der Waals surface area (Å²) in [7, 11) is -2.52. The predicted molar refractivity (Wildman–Crippen MR) is 120 cm³/mol. The third-order valence-electron chi connectivity index (χ3n) is 6.10. The Bertz CT molecular complexity index is 1320. The molecule has 1 aliphatic heterocycles. The van der Waals surface area contributed by atoms with Crippen LogP contribution in [0.3, 0.4) is 0 Å². The molecule has 1 saturated carbocycles. The number of fused-ring (bicyclic) bond motifs is 1. The van der Waals surface area contributed by atoms with Crippen molar-refractivity contribution in [1.29, 1.82) is 0 Å². The Balaban J connectivity index is 1.64. The topological polar surface area (TPSA) is 103 Å². The average molecular weight is 466 g/mol. The van der Waals surface area contributed by atoms with Gasteiger partial charge in [0.2, 0.25) is 5.89 Å². The minimum Gasteiger partial charge on any atom is -0.420 e. The summed E-state index contributed by atoms with van der Waals surface area (Å²) in [5.41, 5.74) is 0.658. The Morgan fingerprint density at radius 2 is 1.70 bits per heavy atom. The second-order valence-electron chi connectivity index (χ2n) is 8.18. The fraction of sp³-hybridized carbons (Fsp3) is 0.292. The van der Waals surface area contributed by atoms with E-state index in [1.165, 1.54) is 19.5 Å². The van der Waals surface area contributed by atoms with Crippen LogP contribution in [0, 0.1) is 0 Å². The third-order valence-corrected chi connectivity index (χ3v) is 7.92. The van der Waals surface area contributed by atoms with Gasteiger partial charge in [-0.15, -0.1) is 10.2 Å². The standard InChI is InChI=1S/C24H23N3O5S/c1-27-20(23-26-25-22(32-23)16-10-4-2-5-11-16)21(31-24(28)17-12-6-3-7-13-17)18-14-8-9-15-19(18)33(27,29)30/h3,6-9,12-16H,2,4-5,10-11H2,1H3. The van der Waals surface area contributed by atoms with E-state index in [2.05, 4.69) is 10.2 Å². The Hall–Kier alpha value is -3.46. The Morgan fingerprint density at radius 3 is 2.45 bits per heavy atom. The van der Waals surface area contributed by atoms with Crippen LogP contribution in [0.4, 0.5) is 0 Å². The van der Waals surface area contributed by atoms with Crippen molar-refractivity contribution < 1.29 is 22.4 Å². The van der Waals surface area contributed by atoms with Gasteiger partial charge < -0.3 is 9.15 Å². The van der Waals surface area contributed by atoms with Crippen molar-refractivity contribution in [2.24, 2.45) is 0 Å². The molecule has 1 fully saturated rings. The zero-order valence-corrected chi connectivity index (χ0v) is 18.9. The average Bonchev–Trinajstić information content (AvgIpc) is 3.34. The van der Waals surface area contributed by atoms with Crippen molar-refractivity contribution in [2.75, 3.05) is 7.05 Å². The zero-order valence-electron chi connectivity index (χ0n) is 18.1. The Kier molecular flexibility index (Phi) is 5.49. The maximum atomic E-state index is 13.3. The van der Waals surface area contributed by atoms with E-state index < -0.39 is 16.0 Å². The molecule has 0 N–H and O–H groups in total. The molecule has 33 heavy (non-hydrogen) atoms. The van der Waals surface area contributed by atoms with Crippen LogP contribution < -0.4 is 0 Å². The van der Waals surface area contributed by atoms with E-state index in [4.69, 9.17) is 9.15 Å². The highest BCUT2D eigenvalue weighted by atomic mass is 32.2. The van der Waals surface area contributed by atoms with Gasteiger partial charge in [0.15, 0.2) is 11.5 Å². The van der Waals surface area contributed by atoms with Gasteiger partial charge in [0.1, 0.15) is 0 Å². The maximum Gasteiger partial charge on any atom is 0.343 e. The molecule has 2 aromatic carbocycles. The second-order valence-corrected chi connectivity index (χ2v) is 10.1. The maximum absolute atomic E-state index is 13.3. The minimum atomic E-state index is -3.91. The number of hydrogen-bond donors (Lipinski definition) is 0. The lowest BCUT2D eigenvalue weighted by Gasteiger charge is -2.29. The Morgan fingerprint density at radius 1 is 1.00 bits per heavy atom. The number of hydrogen-bond acceptors (Lipinski definition) is 7. The molecule has 0 amide bonds. The van der Waals surface area contributed by atoms with Gasteiger partial charge in [-0.3, -0.25) is 4.31 Å². The van der Waals surface area contributed by atoms with Crippen LogP contribution in [0.5, 0.6) is 0 Å². The Labute approximate surface area is 191 Å². The van der Waals surface area contributed by atoms with Crippen LogP contribution in [-0.4, -0.2) is 35.9 Å². The summed E-state index contributed by atoms with van der Waals surface area (Å²) in [6.45, 7) is 0. The van der Waals surface area contributed by atoms with Gasteiger partial charge in [-0.05, 0) is 37.1 Å². The molecule has 170 valence electrons. The van der Waals surface area contributed by atoms with E-state index in [9.17, 15) is 13.2 Å². The molecule has 2 aliphatic rings. The molecular weight excluding hydrogens is 442 g/mol. The molecule has 1 aromatic heterocycles. The van der Waals surface area contributed by atoms with Crippen LogP contribution in [0.25, 0.3) is 11.5 Å². The van der Waals surface area contributed by atoms with Gasteiger partial charge in [0.05, 0.1) is 10.5 Å². The lowest BCUT2D eigenvalue weighted by molar-refractivity contribution is 0.0690. The number of ether oxygens (including phenoxy) is 1. The first-order valence-corrected chi connectivity index (χ1v) is 12.3. The van der Waals surface area contributed by atoms with Gasteiger partial charge in [-0.2, -0.15) is 0 Å². The molecule has 2 heterocycles. The number of benzene rings is 2. The number of carbonyl (C=O) groups excluding carboxylic acids is 1. The number of esters is 1. The van der Waals surface area contributed by atoms with Crippen molar-refractivity contribution >= 4 is 27.4 Å².